The summed E-state index contributed by atoms with van der Waals surface area (Å²) in [5.41, 5.74) is 1.72. The molecule has 0 saturated carbocycles. The third-order valence-corrected chi connectivity index (χ3v) is 5.10. The highest BCUT2D eigenvalue weighted by Crippen LogP contribution is 2.22. The van der Waals surface area contributed by atoms with Gasteiger partial charge in [0.25, 0.3) is 5.91 Å². The summed E-state index contributed by atoms with van der Waals surface area (Å²) in [6, 6.07) is 11.2. The SMILES string of the molecule is Cc1ccc(NC(=O)CN(C)C(=O)c2cc(S(C)(=O)=O)ccc2Cl)cc1. The fraction of sp³-hybridized carbons (Fsp3) is 0.222. The van der Waals surface area contributed by atoms with E-state index in [4.69, 9.17) is 11.6 Å². The van der Waals surface area contributed by atoms with Crippen molar-refractivity contribution >= 4 is 38.9 Å². The van der Waals surface area contributed by atoms with Crippen molar-refractivity contribution in [3.63, 3.8) is 0 Å². The summed E-state index contributed by atoms with van der Waals surface area (Å²) in [6.45, 7) is 1.73. The molecule has 26 heavy (non-hydrogen) atoms. The number of nitrogens with zero attached hydrogens (tertiary/aromatic N) is 1. The number of hydrogen-bond donors (Lipinski definition) is 1. The standard InChI is InChI=1S/C18H19ClN2O4S/c1-12-4-6-13(7-5-12)20-17(22)11-21(2)18(23)15-10-14(26(3,24)25)8-9-16(15)19/h4-10H,11H2,1-3H3,(H,20,22). The highest BCUT2D eigenvalue weighted by atomic mass is 35.5. The van der Waals surface area contributed by atoms with E-state index >= 15 is 0 Å². The van der Waals surface area contributed by atoms with Crippen LogP contribution >= 0.6 is 11.6 Å². The van der Waals surface area contributed by atoms with Crippen LogP contribution in [0.2, 0.25) is 5.02 Å². The Morgan fingerprint density at radius 1 is 1.12 bits per heavy atom. The molecule has 0 unspecified atom stereocenters. The van der Waals surface area contributed by atoms with Gasteiger partial charge in [0.15, 0.2) is 9.84 Å². The molecule has 0 atom stereocenters. The molecule has 2 aromatic rings. The molecule has 2 aromatic carbocycles. The zero-order valence-corrected chi connectivity index (χ0v) is 16.2. The lowest BCUT2D eigenvalue weighted by molar-refractivity contribution is -0.116. The maximum absolute atomic E-state index is 12.5. The smallest absolute Gasteiger partial charge is 0.255 e. The summed E-state index contributed by atoms with van der Waals surface area (Å²) >= 11 is 6.02. The fourth-order valence-corrected chi connectivity index (χ4v) is 3.07. The zero-order chi connectivity index (χ0) is 19.5. The molecule has 6 nitrogen and oxygen atoms in total. The number of carbonyl (C=O) groups is 2. The number of halogens is 1. The van der Waals surface area contributed by atoms with Gasteiger partial charge in [-0.15, -0.1) is 0 Å². The molecule has 0 bridgehead atoms. The summed E-state index contributed by atoms with van der Waals surface area (Å²) < 4.78 is 23.3. The third kappa shape index (κ3) is 5.06. The first-order valence-corrected chi connectivity index (χ1v) is 9.96. The van der Waals surface area contributed by atoms with Crippen LogP contribution in [0.3, 0.4) is 0 Å². The van der Waals surface area contributed by atoms with E-state index in [0.717, 1.165) is 11.8 Å². The molecule has 1 N–H and O–H groups in total. The lowest BCUT2D eigenvalue weighted by atomic mass is 10.2. The predicted octanol–water partition coefficient (Wildman–Crippen LogP) is 2.76. The lowest BCUT2D eigenvalue weighted by Crippen LogP contribution is -2.35. The quantitative estimate of drug-likeness (QED) is 0.845. The van der Waals surface area contributed by atoms with Crippen LogP contribution in [0.4, 0.5) is 5.69 Å². The van der Waals surface area contributed by atoms with E-state index in [1.807, 2.05) is 19.1 Å². The lowest BCUT2D eigenvalue weighted by Gasteiger charge is -2.18. The first kappa shape index (κ1) is 19.9. The van der Waals surface area contributed by atoms with Crippen molar-refractivity contribution in [2.45, 2.75) is 11.8 Å². The first-order valence-electron chi connectivity index (χ1n) is 7.69. The largest absolute Gasteiger partial charge is 0.332 e. The number of hydrogen-bond acceptors (Lipinski definition) is 4. The minimum Gasteiger partial charge on any atom is -0.332 e. The molecule has 0 radical (unpaired) electrons. The molecule has 0 aliphatic carbocycles. The Kier molecular flexibility index (Phi) is 6.05. The van der Waals surface area contributed by atoms with Crippen molar-refractivity contribution in [1.29, 1.82) is 0 Å². The maximum atomic E-state index is 12.5. The molecule has 138 valence electrons. The van der Waals surface area contributed by atoms with Crippen LogP contribution in [0.1, 0.15) is 15.9 Å². The Hall–Kier alpha value is -2.38. The molecule has 2 rings (SSSR count). The average molecular weight is 395 g/mol. The number of aryl methyl sites for hydroxylation is 1. The topological polar surface area (TPSA) is 83.6 Å². The Balaban J connectivity index is 2.12. The van der Waals surface area contributed by atoms with Crippen LogP contribution in [0.5, 0.6) is 0 Å². The van der Waals surface area contributed by atoms with Gasteiger partial charge in [0, 0.05) is 19.0 Å². The van der Waals surface area contributed by atoms with E-state index in [1.54, 1.807) is 12.1 Å². The number of carbonyl (C=O) groups excluding carboxylic acids is 2. The molecule has 0 saturated heterocycles. The predicted molar refractivity (Wildman–Crippen MR) is 101 cm³/mol. The second-order valence-electron chi connectivity index (χ2n) is 5.99. The van der Waals surface area contributed by atoms with E-state index in [9.17, 15) is 18.0 Å². The molecular formula is C18H19ClN2O4S. The Morgan fingerprint density at radius 2 is 1.73 bits per heavy atom. The highest BCUT2D eigenvalue weighted by Gasteiger charge is 2.20. The van der Waals surface area contributed by atoms with Gasteiger partial charge in [-0.05, 0) is 37.3 Å². The van der Waals surface area contributed by atoms with Crippen LogP contribution in [-0.4, -0.2) is 45.0 Å². The molecule has 0 heterocycles. The van der Waals surface area contributed by atoms with Gasteiger partial charge in [-0.25, -0.2) is 8.42 Å². The van der Waals surface area contributed by atoms with Crippen molar-refractivity contribution in [3.8, 4) is 0 Å². The van der Waals surface area contributed by atoms with Gasteiger partial charge in [-0.2, -0.15) is 0 Å². The van der Waals surface area contributed by atoms with Gasteiger partial charge < -0.3 is 10.2 Å². The summed E-state index contributed by atoms with van der Waals surface area (Å²) in [5.74, 6) is -0.917. The summed E-state index contributed by atoms with van der Waals surface area (Å²) in [6.07, 6.45) is 1.04. The highest BCUT2D eigenvalue weighted by molar-refractivity contribution is 7.90. The van der Waals surface area contributed by atoms with Crippen LogP contribution in [0.15, 0.2) is 47.4 Å². The number of anilines is 1. The normalized spacial score (nSPS) is 11.1. The number of rotatable bonds is 5. The first-order chi connectivity index (χ1) is 12.1. The minimum atomic E-state index is -3.48. The maximum Gasteiger partial charge on any atom is 0.255 e. The average Bonchev–Trinajstić information content (AvgIpc) is 2.55. The van der Waals surface area contributed by atoms with E-state index in [1.165, 1.54) is 30.1 Å². The van der Waals surface area contributed by atoms with Crippen LogP contribution < -0.4 is 5.32 Å². The number of benzene rings is 2. The van der Waals surface area contributed by atoms with Crippen LogP contribution in [0, 0.1) is 6.92 Å². The number of amides is 2. The second kappa shape index (κ2) is 7.88. The molecule has 0 aromatic heterocycles. The minimum absolute atomic E-state index is 0.0113. The number of nitrogens with one attached hydrogen (secondary N) is 1. The van der Waals surface area contributed by atoms with Crippen molar-refractivity contribution in [2.24, 2.45) is 0 Å². The summed E-state index contributed by atoms with van der Waals surface area (Å²) in [7, 11) is -2.03. The molecule has 2 amide bonds. The van der Waals surface area contributed by atoms with E-state index in [-0.39, 0.29) is 27.9 Å². The van der Waals surface area contributed by atoms with Crippen molar-refractivity contribution < 1.29 is 18.0 Å². The molecule has 0 aliphatic heterocycles. The van der Waals surface area contributed by atoms with Gasteiger partial charge in [-0.3, -0.25) is 9.59 Å². The van der Waals surface area contributed by atoms with E-state index in [2.05, 4.69) is 5.32 Å². The van der Waals surface area contributed by atoms with Gasteiger partial charge in [-0.1, -0.05) is 29.3 Å². The monoisotopic (exact) mass is 394 g/mol. The molecular weight excluding hydrogens is 376 g/mol. The second-order valence-corrected chi connectivity index (χ2v) is 8.41. The number of sulfone groups is 1. The number of likely N-dealkylation sites (N-methyl/N-ethyl adjacent to an activating group) is 1. The van der Waals surface area contributed by atoms with E-state index < -0.39 is 15.7 Å². The van der Waals surface area contributed by atoms with Crippen LogP contribution in [-0.2, 0) is 14.6 Å². The van der Waals surface area contributed by atoms with Crippen molar-refractivity contribution in [3.05, 3.63) is 58.6 Å². The Morgan fingerprint density at radius 3 is 2.31 bits per heavy atom. The van der Waals surface area contributed by atoms with Gasteiger partial charge in [0.2, 0.25) is 5.91 Å². The Bertz CT molecular complexity index is 940. The molecule has 0 spiro atoms. The molecule has 0 fully saturated rings. The van der Waals surface area contributed by atoms with Gasteiger partial charge in [0.1, 0.15) is 0 Å². The molecule has 8 heteroatoms. The third-order valence-electron chi connectivity index (χ3n) is 3.66. The van der Waals surface area contributed by atoms with Crippen molar-refractivity contribution in [2.75, 3.05) is 25.2 Å². The van der Waals surface area contributed by atoms with E-state index in [0.29, 0.717) is 5.69 Å². The van der Waals surface area contributed by atoms with Gasteiger partial charge in [0.05, 0.1) is 22.0 Å². The van der Waals surface area contributed by atoms with Crippen molar-refractivity contribution in [1.82, 2.24) is 4.90 Å². The van der Waals surface area contributed by atoms with Gasteiger partial charge >= 0.3 is 0 Å². The Labute approximate surface area is 157 Å². The summed E-state index contributed by atoms with van der Waals surface area (Å²) in [5, 5.41) is 2.81. The summed E-state index contributed by atoms with van der Waals surface area (Å²) in [4.78, 5) is 25.8. The zero-order valence-electron chi connectivity index (χ0n) is 14.6. The van der Waals surface area contributed by atoms with Crippen LogP contribution in [0.25, 0.3) is 0 Å². The fourth-order valence-electron chi connectivity index (χ4n) is 2.23. The molecule has 0 aliphatic rings.